The van der Waals surface area contributed by atoms with Crippen LogP contribution >= 0.6 is 11.3 Å². The van der Waals surface area contributed by atoms with Crippen LogP contribution in [0.25, 0.3) is 21.8 Å². The number of amides is 2. The molecule has 0 atom stereocenters. The molecule has 1 saturated carbocycles. The Kier molecular flexibility index (Phi) is 6.99. The first kappa shape index (κ1) is 23.6. The lowest BCUT2D eigenvalue weighted by molar-refractivity contribution is -0.117. The lowest BCUT2D eigenvalue weighted by atomic mass is 10.0. The molecule has 36 heavy (non-hydrogen) atoms. The Bertz CT molecular complexity index is 1360. The zero-order valence-corrected chi connectivity index (χ0v) is 20.4. The summed E-state index contributed by atoms with van der Waals surface area (Å²) in [6.07, 6.45) is 9.75. The number of hydrogen-bond acceptors (Lipinski definition) is 9. The van der Waals surface area contributed by atoms with E-state index in [9.17, 15) is 9.59 Å². The molecule has 1 fully saturated rings. The largest absolute Gasteiger partial charge is 0.496 e. The molecule has 184 valence electrons. The highest BCUT2D eigenvalue weighted by Gasteiger charge is 2.19. The summed E-state index contributed by atoms with van der Waals surface area (Å²) < 4.78 is 10.4. The van der Waals surface area contributed by atoms with Crippen molar-refractivity contribution in [1.29, 1.82) is 0 Å². The van der Waals surface area contributed by atoms with Crippen LogP contribution in [0.15, 0.2) is 52.9 Å². The van der Waals surface area contributed by atoms with E-state index in [4.69, 9.17) is 14.1 Å². The smallest absolute Gasteiger partial charge is 0.322 e. The molecule has 3 aromatic heterocycles. The highest BCUT2D eigenvalue weighted by molar-refractivity contribution is 7.14. The molecule has 1 aromatic carbocycles. The van der Waals surface area contributed by atoms with Gasteiger partial charge in [0.15, 0.2) is 0 Å². The van der Waals surface area contributed by atoms with Crippen LogP contribution in [0.3, 0.4) is 0 Å². The van der Waals surface area contributed by atoms with Crippen LogP contribution < -0.4 is 15.4 Å². The van der Waals surface area contributed by atoms with E-state index in [1.54, 1.807) is 30.6 Å². The molecular formula is C25H24N6O4S. The van der Waals surface area contributed by atoms with Crippen molar-refractivity contribution < 1.29 is 18.7 Å². The number of benzene rings is 1. The highest BCUT2D eigenvalue weighted by Crippen LogP contribution is 2.32. The average molecular weight is 505 g/mol. The monoisotopic (exact) mass is 504 g/mol. The fourth-order valence-electron chi connectivity index (χ4n) is 4.28. The Morgan fingerprint density at radius 3 is 2.75 bits per heavy atom. The van der Waals surface area contributed by atoms with Gasteiger partial charge in [0.25, 0.3) is 5.91 Å². The van der Waals surface area contributed by atoms with Crippen molar-refractivity contribution in [2.45, 2.75) is 32.1 Å². The molecule has 1 aliphatic rings. The molecule has 10 nitrogen and oxygen atoms in total. The van der Waals surface area contributed by atoms with Crippen molar-refractivity contribution in [3.63, 3.8) is 0 Å². The van der Waals surface area contributed by atoms with Gasteiger partial charge >= 0.3 is 6.01 Å². The molecule has 2 amide bonds. The maximum Gasteiger partial charge on any atom is 0.322 e. The van der Waals surface area contributed by atoms with E-state index in [1.807, 2.05) is 11.4 Å². The van der Waals surface area contributed by atoms with Crippen LogP contribution in [0.1, 0.15) is 42.5 Å². The van der Waals surface area contributed by atoms with Crippen LogP contribution in [0.4, 0.5) is 11.7 Å². The molecule has 5 rings (SSSR count). The van der Waals surface area contributed by atoms with E-state index in [0.717, 1.165) is 35.4 Å². The summed E-state index contributed by atoms with van der Waals surface area (Å²) >= 11 is 1.49. The number of rotatable bonds is 8. The van der Waals surface area contributed by atoms with Gasteiger partial charge in [-0.2, -0.15) is 0 Å². The fraction of sp³-hybridized carbons (Fsp3) is 0.280. The minimum atomic E-state index is -0.441. The minimum Gasteiger partial charge on any atom is -0.496 e. The summed E-state index contributed by atoms with van der Waals surface area (Å²) in [6.45, 7) is 0. The number of anilines is 2. The summed E-state index contributed by atoms with van der Waals surface area (Å²) in [6, 6.07) is 7.03. The zero-order chi connectivity index (χ0) is 24.9. The number of aromatic nitrogens is 4. The van der Waals surface area contributed by atoms with Crippen LogP contribution in [0.2, 0.25) is 0 Å². The molecule has 3 heterocycles. The lowest BCUT2D eigenvalue weighted by Gasteiger charge is -2.10. The van der Waals surface area contributed by atoms with E-state index in [-0.39, 0.29) is 11.9 Å². The van der Waals surface area contributed by atoms with Crippen LogP contribution in [0.5, 0.6) is 5.75 Å². The van der Waals surface area contributed by atoms with E-state index in [1.165, 1.54) is 31.3 Å². The van der Waals surface area contributed by atoms with Gasteiger partial charge in [0, 0.05) is 17.4 Å². The number of thiophene rings is 1. The quantitative estimate of drug-likeness (QED) is 0.341. The van der Waals surface area contributed by atoms with Crippen molar-refractivity contribution in [3.05, 3.63) is 54.0 Å². The molecule has 0 spiro atoms. The van der Waals surface area contributed by atoms with E-state index >= 15 is 0 Å². The average Bonchev–Trinajstić information content (AvgIpc) is 3.68. The van der Waals surface area contributed by atoms with Gasteiger partial charge in [-0.25, -0.2) is 4.98 Å². The molecular weight excluding hydrogens is 480 g/mol. The number of carbonyl (C=O) groups excluding carboxylic acids is 2. The summed E-state index contributed by atoms with van der Waals surface area (Å²) in [7, 11) is 1.48. The summed E-state index contributed by atoms with van der Waals surface area (Å²) in [5.41, 5.74) is 3.11. The van der Waals surface area contributed by atoms with Gasteiger partial charge in [-0.3, -0.25) is 19.9 Å². The third-order valence-electron chi connectivity index (χ3n) is 6.04. The van der Waals surface area contributed by atoms with Crippen LogP contribution in [0, 0.1) is 5.92 Å². The lowest BCUT2D eigenvalue weighted by Crippen LogP contribution is -2.14. The Hall–Kier alpha value is -4.12. The number of methoxy groups -OCH3 is 1. The first-order valence-corrected chi connectivity index (χ1v) is 12.4. The standard InChI is InChI=1S/C25H24N6O4S/c1-34-21-9-16(6-7-18(21)24(33)30-25-31-27-14-35-25)19-11-26-12-20(29-19)22-10-17(13-36-22)28-23(32)8-15-4-2-3-5-15/h6-7,9-15H,2-5,8H2,1H3,(H,28,32)(H,30,31,33). The van der Waals surface area contributed by atoms with Crippen LogP contribution in [-0.2, 0) is 4.79 Å². The summed E-state index contributed by atoms with van der Waals surface area (Å²) in [4.78, 5) is 35.0. The Morgan fingerprint density at radius 2 is 1.97 bits per heavy atom. The topological polar surface area (TPSA) is 132 Å². The molecule has 1 aliphatic carbocycles. The Morgan fingerprint density at radius 1 is 1.14 bits per heavy atom. The van der Waals surface area contributed by atoms with Gasteiger partial charge in [-0.15, -0.1) is 16.4 Å². The fourth-order valence-corrected chi connectivity index (χ4v) is 5.07. The minimum absolute atomic E-state index is 0.00487. The summed E-state index contributed by atoms with van der Waals surface area (Å²) in [5.74, 6) is 0.476. The second-order valence-corrected chi connectivity index (χ2v) is 9.42. The maximum absolute atomic E-state index is 12.6. The first-order chi connectivity index (χ1) is 17.6. The first-order valence-electron chi connectivity index (χ1n) is 11.6. The molecule has 0 aliphatic heterocycles. The Labute approximate surface area is 211 Å². The highest BCUT2D eigenvalue weighted by atomic mass is 32.1. The van der Waals surface area contributed by atoms with E-state index in [2.05, 4.69) is 25.8 Å². The number of nitrogens with zero attached hydrogens (tertiary/aromatic N) is 4. The van der Waals surface area contributed by atoms with Crippen molar-refractivity contribution >= 4 is 34.9 Å². The molecule has 0 radical (unpaired) electrons. The van der Waals surface area contributed by atoms with Gasteiger partial charge < -0.3 is 14.5 Å². The number of hydrogen-bond donors (Lipinski definition) is 2. The third-order valence-corrected chi connectivity index (χ3v) is 6.99. The molecule has 0 bridgehead atoms. The SMILES string of the molecule is COc1cc(-c2cncc(-c3cc(NC(=O)CC4CCCC4)cs3)n2)ccc1C(=O)Nc1nnco1. The van der Waals surface area contributed by atoms with Gasteiger partial charge in [-0.1, -0.05) is 24.0 Å². The number of nitrogens with one attached hydrogen (secondary N) is 2. The molecule has 11 heteroatoms. The van der Waals surface area contributed by atoms with Crippen molar-refractivity contribution in [2.75, 3.05) is 17.7 Å². The normalized spacial score (nSPS) is 13.5. The second kappa shape index (κ2) is 10.6. The van der Waals surface area contributed by atoms with Gasteiger partial charge in [0.1, 0.15) is 5.75 Å². The zero-order valence-electron chi connectivity index (χ0n) is 19.6. The molecule has 2 N–H and O–H groups in total. The Balaban J connectivity index is 1.31. The molecule has 0 unspecified atom stereocenters. The van der Waals surface area contributed by atoms with Crippen molar-refractivity contribution in [1.82, 2.24) is 20.2 Å². The van der Waals surface area contributed by atoms with Crippen molar-refractivity contribution in [2.24, 2.45) is 5.92 Å². The van der Waals surface area contributed by atoms with E-state index in [0.29, 0.717) is 35.0 Å². The second-order valence-electron chi connectivity index (χ2n) is 8.51. The predicted molar refractivity (Wildman–Crippen MR) is 135 cm³/mol. The maximum atomic E-state index is 12.6. The van der Waals surface area contributed by atoms with Crippen molar-refractivity contribution in [3.8, 4) is 27.6 Å². The van der Waals surface area contributed by atoms with Crippen LogP contribution in [-0.4, -0.2) is 39.1 Å². The van der Waals surface area contributed by atoms with Gasteiger partial charge in [0.2, 0.25) is 12.3 Å². The molecule has 0 saturated heterocycles. The number of carbonyl (C=O) groups is 2. The van der Waals surface area contributed by atoms with E-state index < -0.39 is 5.91 Å². The molecule has 4 aromatic rings. The number of ether oxygens (including phenoxy) is 1. The summed E-state index contributed by atoms with van der Waals surface area (Å²) in [5, 5.41) is 14.6. The predicted octanol–water partition coefficient (Wildman–Crippen LogP) is 5.03. The van der Waals surface area contributed by atoms with Gasteiger partial charge in [0.05, 0.1) is 47.0 Å². The third kappa shape index (κ3) is 5.41. The van der Waals surface area contributed by atoms with Gasteiger partial charge in [-0.05, 0) is 37.0 Å².